The zero-order valence-corrected chi connectivity index (χ0v) is 12.2. The number of hydrogen-bond donors (Lipinski definition) is 1. The summed E-state index contributed by atoms with van der Waals surface area (Å²) in [5, 5.41) is 2.92. The largest absolute Gasteiger partial charge is 0.356 e. The van der Waals surface area contributed by atoms with Crippen LogP contribution < -0.4 is 5.32 Å². The second kappa shape index (κ2) is 12.2. The molecule has 0 spiro atoms. The Balaban J connectivity index is 3.16. The highest BCUT2D eigenvalue weighted by Crippen LogP contribution is 2.08. The van der Waals surface area contributed by atoms with Gasteiger partial charge in [0.2, 0.25) is 5.91 Å². The molecule has 0 aromatic heterocycles. The Labute approximate surface area is 111 Å². The maximum Gasteiger partial charge on any atom is 0.224 e. The molecule has 2 nitrogen and oxygen atoms in total. The van der Waals surface area contributed by atoms with E-state index in [1.165, 1.54) is 44.9 Å². The number of rotatable bonds is 11. The van der Waals surface area contributed by atoms with Gasteiger partial charge in [-0.15, -0.1) is 11.6 Å². The van der Waals surface area contributed by atoms with Gasteiger partial charge in [-0.2, -0.15) is 0 Å². The van der Waals surface area contributed by atoms with E-state index in [1.807, 2.05) is 6.92 Å². The van der Waals surface area contributed by atoms with Gasteiger partial charge in [-0.25, -0.2) is 0 Å². The number of halogens is 1. The van der Waals surface area contributed by atoms with E-state index in [9.17, 15) is 4.79 Å². The maximum absolute atomic E-state index is 11.4. The van der Waals surface area contributed by atoms with Crippen molar-refractivity contribution < 1.29 is 4.79 Å². The highest BCUT2D eigenvalue weighted by molar-refractivity contribution is 6.19. The number of carbonyl (C=O) groups excluding carboxylic acids is 1. The average molecular weight is 262 g/mol. The molecule has 0 radical (unpaired) electrons. The minimum absolute atomic E-state index is 0.0642. The van der Waals surface area contributed by atoms with Crippen molar-refractivity contribution in [2.24, 2.45) is 5.92 Å². The predicted molar refractivity (Wildman–Crippen MR) is 75.5 cm³/mol. The van der Waals surface area contributed by atoms with Gasteiger partial charge < -0.3 is 5.32 Å². The summed E-state index contributed by atoms with van der Waals surface area (Å²) >= 11 is 5.61. The number of nitrogens with one attached hydrogen (secondary N) is 1. The van der Waals surface area contributed by atoms with Crippen molar-refractivity contribution in [2.75, 3.05) is 12.4 Å². The standard InChI is InChI=1S/C14H28ClNO/c1-3-4-5-6-7-8-9-10-11-16-14(17)13(2)12-15/h13H,3-12H2,1-2H3,(H,16,17). The quantitative estimate of drug-likeness (QED) is 0.440. The second-order valence-corrected chi connectivity index (χ2v) is 5.13. The zero-order chi connectivity index (χ0) is 12.9. The lowest BCUT2D eigenvalue weighted by molar-refractivity contribution is -0.123. The van der Waals surface area contributed by atoms with Gasteiger partial charge in [-0.05, 0) is 6.42 Å². The molecule has 0 aromatic carbocycles. The lowest BCUT2D eigenvalue weighted by Crippen LogP contribution is -2.30. The van der Waals surface area contributed by atoms with Gasteiger partial charge in [0.15, 0.2) is 0 Å². The highest BCUT2D eigenvalue weighted by Gasteiger charge is 2.09. The monoisotopic (exact) mass is 261 g/mol. The molecular formula is C14H28ClNO. The highest BCUT2D eigenvalue weighted by atomic mass is 35.5. The molecule has 0 aromatic rings. The third-order valence-corrected chi connectivity index (χ3v) is 3.47. The Morgan fingerprint density at radius 2 is 1.59 bits per heavy atom. The molecule has 17 heavy (non-hydrogen) atoms. The number of amides is 1. The summed E-state index contributed by atoms with van der Waals surface area (Å²) in [4.78, 5) is 11.4. The number of hydrogen-bond acceptors (Lipinski definition) is 1. The third-order valence-electron chi connectivity index (χ3n) is 3.01. The number of alkyl halides is 1. The van der Waals surface area contributed by atoms with Gasteiger partial charge in [0.25, 0.3) is 0 Å². The summed E-state index contributed by atoms with van der Waals surface area (Å²) in [5.74, 6) is 0.428. The Hall–Kier alpha value is -0.240. The summed E-state index contributed by atoms with van der Waals surface area (Å²) in [5.41, 5.74) is 0. The van der Waals surface area contributed by atoms with Crippen LogP contribution in [0.15, 0.2) is 0 Å². The second-order valence-electron chi connectivity index (χ2n) is 4.82. The lowest BCUT2D eigenvalue weighted by atomic mass is 10.1. The van der Waals surface area contributed by atoms with Crippen molar-refractivity contribution in [3.8, 4) is 0 Å². The summed E-state index contributed by atoms with van der Waals surface area (Å²) in [6.45, 7) is 4.90. The van der Waals surface area contributed by atoms with Gasteiger partial charge in [0.1, 0.15) is 0 Å². The van der Waals surface area contributed by atoms with E-state index in [4.69, 9.17) is 11.6 Å². The first-order chi connectivity index (χ1) is 8.22. The van der Waals surface area contributed by atoms with Crippen molar-refractivity contribution in [1.82, 2.24) is 5.32 Å². The van der Waals surface area contributed by atoms with Crippen LogP contribution in [0.1, 0.15) is 65.2 Å². The van der Waals surface area contributed by atoms with Crippen LogP contribution in [0.25, 0.3) is 0 Å². The Bertz CT molecular complexity index is 185. The maximum atomic E-state index is 11.4. The fraction of sp³-hybridized carbons (Fsp3) is 0.929. The van der Waals surface area contributed by atoms with E-state index in [1.54, 1.807) is 0 Å². The van der Waals surface area contributed by atoms with Crippen molar-refractivity contribution in [2.45, 2.75) is 65.2 Å². The number of carbonyl (C=O) groups is 1. The smallest absolute Gasteiger partial charge is 0.224 e. The Morgan fingerprint density at radius 3 is 2.12 bits per heavy atom. The third kappa shape index (κ3) is 10.6. The van der Waals surface area contributed by atoms with E-state index in [0.29, 0.717) is 5.88 Å². The van der Waals surface area contributed by atoms with Crippen LogP contribution in [0, 0.1) is 5.92 Å². The van der Waals surface area contributed by atoms with Crippen LogP contribution in [-0.4, -0.2) is 18.3 Å². The minimum Gasteiger partial charge on any atom is -0.356 e. The van der Waals surface area contributed by atoms with Crippen LogP contribution in [-0.2, 0) is 4.79 Å². The molecule has 1 unspecified atom stereocenters. The molecule has 0 bridgehead atoms. The van der Waals surface area contributed by atoms with Gasteiger partial charge in [0.05, 0.1) is 0 Å². The van der Waals surface area contributed by atoms with Crippen LogP contribution in [0.4, 0.5) is 0 Å². The van der Waals surface area contributed by atoms with Crippen LogP contribution in [0.2, 0.25) is 0 Å². The van der Waals surface area contributed by atoms with Gasteiger partial charge in [-0.3, -0.25) is 4.79 Å². The summed E-state index contributed by atoms with van der Waals surface area (Å²) in [6, 6.07) is 0. The number of unbranched alkanes of at least 4 members (excludes halogenated alkanes) is 7. The van der Waals surface area contributed by atoms with Gasteiger partial charge in [0, 0.05) is 18.3 Å². The summed E-state index contributed by atoms with van der Waals surface area (Å²) in [6.07, 6.45) is 10.4. The molecule has 0 saturated heterocycles. The van der Waals surface area contributed by atoms with Crippen molar-refractivity contribution in [3.63, 3.8) is 0 Å². The average Bonchev–Trinajstić information content (AvgIpc) is 2.35. The zero-order valence-electron chi connectivity index (χ0n) is 11.4. The molecular weight excluding hydrogens is 234 g/mol. The van der Waals surface area contributed by atoms with Crippen LogP contribution in [0.5, 0.6) is 0 Å². The normalized spacial score (nSPS) is 12.4. The van der Waals surface area contributed by atoms with Crippen molar-refractivity contribution in [1.29, 1.82) is 0 Å². The van der Waals surface area contributed by atoms with E-state index >= 15 is 0 Å². The first kappa shape index (κ1) is 16.8. The van der Waals surface area contributed by atoms with Crippen molar-refractivity contribution in [3.05, 3.63) is 0 Å². The van der Waals surface area contributed by atoms with E-state index in [0.717, 1.165) is 13.0 Å². The van der Waals surface area contributed by atoms with E-state index < -0.39 is 0 Å². The SMILES string of the molecule is CCCCCCCCCCNC(=O)C(C)CCl. The molecule has 3 heteroatoms. The van der Waals surface area contributed by atoms with Crippen LogP contribution in [0.3, 0.4) is 0 Å². The molecule has 0 aliphatic rings. The van der Waals surface area contributed by atoms with E-state index in [-0.39, 0.29) is 11.8 Å². The summed E-state index contributed by atoms with van der Waals surface area (Å²) < 4.78 is 0. The first-order valence-corrected chi connectivity index (χ1v) is 7.59. The molecule has 0 saturated carbocycles. The summed E-state index contributed by atoms with van der Waals surface area (Å²) in [7, 11) is 0. The van der Waals surface area contributed by atoms with Crippen LogP contribution >= 0.6 is 11.6 Å². The molecule has 0 aliphatic carbocycles. The van der Waals surface area contributed by atoms with Crippen molar-refractivity contribution >= 4 is 17.5 Å². The molecule has 1 atom stereocenters. The predicted octanol–water partition coefficient (Wildman–Crippen LogP) is 4.12. The fourth-order valence-corrected chi connectivity index (χ4v) is 1.85. The Kier molecular flexibility index (Phi) is 12.1. The molecule has 1 amide bonds. The Morgan fingerprint density at radius 1 is 1.06 bits per heavy atom. The first-order valence-electron chi connectivity index (χ1n) is 7.06. The molecule has 0 fully saturated rings. The molecule has 0 rings (SSSR count). The minimum atomic E-state index is -0.0642. The van der Waals surface area contributed by atoms with Gasteiger partial charge >= 0.3 is 0 Å². The topological polar surface area (TPSA) is 29.1 Å². The molecule has 102 valence electrons. The van der Waals surface area contributed by atoms with Gasteiger partial charge in [-0.1, -0.05) is 58.8 Å². The van der Waals surface area contributed by atoms with E-state index in [2.05, 4.69) is 12.2 Å². The molecule has 0 heterocycles. The molecule has 0 aliphatic heterocycles. The molecule has 1 N–H and O–H groups in total. The lowest BCUT2D eigenvalue weighted by Gasteiger charge is -2.08. The fourth-order valence-electron chi connectivity index (χ4n) is 1.71.